The van der Waals surface area contributed by atoms with Gasteiger partial charge in [0, 0.05) is 450 Å². The van der Waals surface area contributed by atoms with Crippen LogP contribution in [0.2, 0.25) is 0 Å². The summed E-state index contributed by atoms with van der Waals surface area (Å²) in [6.45, 7) is 10.0. The fraction of sp³-hybridized carbons (Fsp3) is 0.0784. The van der Waals surface area contributed by atoms with E-state index < -0.39 is 0 Å². The normalized spacial score (nSPS) is 4.52. The lowest BCUT2D eigenvalue weighted by Gasteiger charge is -2.14. The van der Waals surface area contributed by atoms with E-state index in [1.54, 1.807) is 13.8 Å². The average molecular weight is 1280 g/mol. The molecule has 0 amide bonds. The summed E-state index contributed by atoms with van der Waals surface area (Å²) in [5, 5.41) is 0. The topological polar surface area (TPSA) is 0 Å². The van der Waals surface area contributed by atoms with Crippen LogP contribution in [0.5, 0.6) is 0 Å². The molecule has 0 aliphatic rings. The maximum Gasteiger partial charge on any atom is 0 e. The molecule has 0 aromatic heterocycles. The Hall–Kier alpha value is -20.3. The van der Waals surface area contributed by atoms with E-state index in [2.05, 4.69) is 590 Å². The maximum atomic E-state index is 4.11. The second-order valence-corrected chi connectivity index (χ2v) is 15.5. The zero-order valence-corrected chi connectivity index (χ0v) is 55.3. The summed E-state index contributed by atoms with van der Waals surface area (Å²) in [6.07, 6.45) is 1.20. The zero-order chi connectivity index (χ0) is 74.4. The summed E-state index contributed by atoms with van der Waals surface area (Å²) in [5.41, 5.74) is 0.474. The molecule has 1 heteroatoms. The van der Waals surface area contributed by atoms with Crippen LogP contribution in [0.3, 0.4) is 0 Å². The van der Waals surface area contributed by atoms with Gasteiger partial charge in [0.05, 0.1) is 0 Å². The van der Waals surface area contributed by atoms with Crippen molar-refractivity contribution in [1.82, 2.24) is 0 Å². The quantitative estimate of drug-likeness (QED) is 0.302. The molecule has 0 fully saturated rings. The van der Waals surface area contributed by atoms with E-state index in [4.69, 9.17) is 0 Å². The Morgan fingerprint density at radius 2 is 0.184 bits per heavy atom. The van der Waals surface area contributed by atoms with Crippen LogP contribution in [0.4, 0.5) is 0 Å². The Bertz CT molecular complexity index is 6450. The first-order valence-corrected chi connectivity index (χ1v) is 27.6. The Morgan fingerprint density at radius 3 is 0.214 bits per heavy atom. The van der Waals surface area contributed by atoms with Crippen molar-refractivity contribution in [3.63, 3.8) is 0 Å². The Morgan fingerprint density at radius 1 is 0.126 bits per heavy atom. The molecule has 0 heterocycles. The maximum absolute atomic E-state index is 4.11. The molecule has 103 heavy (non-hydrogen) atoms. The first-order chi connectivity index (χ1) is 51.0. The lowest BCUT2D eigenvalue weighted by atomic mass is 9.94. The van der Waals surface area contributed by atoms with Crippen LogP contribution in [0.15, 0.2) is 0 Å². The van der Waals surface area contributed by atoms with Gasteiger partial charge in [-0.3, -0.25) is 0 Å². The highest BCUT2D eigenvalue weighted by Crippen LogP contribution is 2.18. The van der Waals surface area contributed by atoms with Crippen molar-refractivity contribution < 1.29 is 0 Å². The average Bonchev–Trinajstić information content (AvgIpc) is 3.31. The third-order valence-electron chi connectivity index (χ3n) is 6.80. The van der Waals surface area contributed by atoms with Gasteiger partial charge in [0.25, 0.3) is 0 Å². The van der Waals surface area contributed by atoms with Crippen molar-refractivity contribution >= 4 is 12.6 Å². The van der Waals surface area contributed by atoms with E-state index in [-0.39, 0.29) is 0 Å². The van der Waals surface area contributed by atoms with Crippen LogP contribution in [0, 0.1) is 562 Å². The number of hydrogen-bond donors (Lipinski definition) is 1. The molecule has 0 spiro atoms. The van der Waals surface area contributed by atoms with Gasteiger partial charge >= 0.3 is 0 Å². The summed E-state index contributed by atoms with van der Waals surface area (Å²) in [5.74, 6) is 237. The van der Waals surface area contributed by atoms with Crippen LogP contribution in [0.1, 0.15) is 41.0 Å². The highest BCUT2D eigenvalue weighted by atomic mass is 32.1. The van der Waals surface area contributed by atoms with Crippen molar-refractivity contribution in [2.75, 3.05) is 5.75 Å². The third kappa shape index (κ3) is 88.2. The standard InChI is InChI=1S/C96H6.C6H14S/c1-3-5-7-9-11-13-15-17-19-21-23-25-27-29-31-33-35-37-39-41-43-45-47-49-51-53-55-57-59-61-63-65-67-69-71-73-75-77-79-81-83-85-87-89-91-93-95-96-94-92-90-88-86-84-82-80-78-76-74-72-70-68-66-64-62-60-58-56-54-52-50-48-46-44-42-40-38-36-34-32-30-28-26-24-22-20-18-16-14-12-10-8-6-4-2;1-6(2,3)4-5-7/h1-2H3;7H,4-5H2,1-3H3. The molecule has 0 aliphatic heterocycles. The number of rotatable bonds is 1. The van der Waals surface area contributed by atoms with Gasteiger partial charge in [0.1, 0.15) is 0 Å². The molecule has 0 aromatic rings. The van der Waals surface area contributed by atoms with Crippen molar-refractivity contribution in [3.05, 3.63) is 0 Å². The largest absolute Gasteiger partial charge is 0.179 e. The monoisotopic (exact) mass is 1280 g/mol. The molecule has 0 aliphatic carbocycles. The lowest BCUT2D eigenvalue weighted by Crippen LogP contribution is -2.04. The van der Waals surface area contributed by atoms with Crippen molar-refractivity contribution in [3.8, 4) is 557 Å². The first kappa shape index (κ1) is 84.7. The molecule has 0 unspecified atom stereocenters. The van der Waals surface area contributed by atoms with Gasteiger partial charge in [-0.1, -0.05) is 32.6 Å². The summed E-state index contributed by atoms with van der Waals surface area (Å²) in [6, 6.07) is 0. The lowest BCUT2D eigenvalue weighted by molar-refractivity contribution is 0.402. The third-order valence-corrected chi connectivity index (χ3v) is 7.02. The zero-order valence-electron chi connectivity index (χ0n) is 54.4. The molecule has 0 atom stereocenters. The predicted octanol–water partition coefficient (Wildman–Crippen LogP) is 3.54. The molecule has 434 valence electrons. The van der Waals surface area contributed by atoms with Crippen LogP contribution in [-0.4, -0.2) is 5.75 Å². The second-order valence-electron chi connectivity index (χ2n) is 15.0. The van der Waals surface area contributed by atoms with Gasteiger partial charge in [-0.15, -0.1) is 0 Å². The number of thiol groups is 1. The highest BCUT2D eigenvalue weighted by molar-refractivity contribution is 7.80. The molecule has 0 radical (unpaired) electrons. The van der Waals surface area contributed by atoms with Crippen LogP contribution >= 0.6 is 12.6 Å². The Labute approximate surface area is 617 Å². The molecular weight excluding hydrogens is 1260 g/mol. The highest BCUT2D eigenvalue weighted by Gasteiger charge is 2.06. The summed E-state index contributed by atoms with van der Waals surface area (Å²) in [7, 11) is 0. The van der Waals surface area contributed by atoms with E-state index in [1.807, 2.05) is 0 Å². The molecule has 0 saturated heterocycles. The second kappa shape index (κ2) is 79.7. The van der Waals surface area contributed by atoms with Gasteiger partial charge in [0.2, 0.25) is 0 Å². The van der Waals surface area contributed by atoms with Crippen molar-refractivity contribution in [2.45, 2.75) is 41.0 Å². The SMILES string of the molecule is CC#CC#CC#CC#CC#CC#CC#CC#CC#CC#CC#CC#CC#CC#CC#CC#CC#CC#CC#CC#CC#CC#CC#CC#CC#CC#CC#CC#CC#CC#CC#CC#CC#CC#CC#CC#CC#CC#CC#CC#CC#CC#CC#CC#CC#CC#CC#CC.CC(C)(C)CCS. The van der Waals surface area contributed by atoms with E-state index in [0.717, 1.165) is 5.75 Å². The molecule has 0 rings (SSSR count). The van der Waals surface area contributed by atoms with Crippen LogP contribution in [-0.2, 0) is 0 Å². The van der Waals surface area contributed by atoms with Gasteiger partial charge < -0.3 is 0 Å². The summed E-state index contributed by atoms with van der Waals surface area (Å²) < 4.78 is 0. The van der Waals surface area contributed by atoms with E-state index in [9.17, 15) is 0 Å². The summed E-state index contributed by atoms with van der Waals surface area (Å²) >= 11 is 4.11. The molecule has 0 N–H and O–H groups in total. The van der Waals surface area contributed by atoms with Gasteiger partial charge in [-0.25, -0.2) is 0 Å². The Kier molecular flexibility index (Phi) is 65.6. The first-order valence-electron chi connectivity index (χ1n) is 26.9. The van der Waals surface area contributed by atoms with Crippen molar-refractivity contribution in [2.24, 2.45) is 5.41 Å². The smallest absolute Gasteiger partial charge is 0 e. The predicted molar refractivity (Wildman–Crippen MR) is 415 cm³/mol. The van der Waals surface area contributed by atoms with Crippen molar-refractivity contribution in [1.29, 1.82) is 0 Å². The fourth-order valence-corrected chi connectivity index (χ4v) is 3.94. The molecular formula is C102H20S. The molecule has 0 nitrogen and oxygen atoms in total. The van der Waals surface area contributed by atoms with Crippen LogP contribution in [0.25, 0.3) is 0 Å². The summed E-state index contributed by atoms with van der Waals surface area (Å²) in [4.78, 5) is 0. The molecule has 0 aromatic carbocycles. The van der Waals surface area contributed by atoms with Gasteiger partial charge in [-0.05, 0) is 126 Å². The fourth-order valence-electron chi connectivity index (χ4n) is 3.27. The molecule has 0 bridgehead atoms. The Balaban J connectivity index is 0. The van der Waals surface area contributed by atoms with Crippen LogP contribution < -0.4 is 0 Å². The van der Waals surface area contributed by atoms with E-state index in [0.29, 0.717) is 5.41 Å². The minimum Gasteiger partial charge on any atom is -0.179 e. The van der Waals surface area contributed by atoms with Gasteiger partial charge in [-0.2, -0.15) is 12.6 Å². The number of hydrogen-bond acceptors (Lipinski definition) is 1. The van der Waals surface area contributed by atoms with E-state index in [1.165, 1.54) is 6.42 Å². The minimum absolute atomic E-state index is 0.474. The molecule has 0 saturated carbocycles. The van der Waals surface area contributed by atoms with Gasteiger partial charge in [0.15, 0.2) is 0 Å². The minimum atomic E-state index is 0.474. The van der Waals surface area contributed by atoms with E-state index >= 15 is 0 Å².